The Hall–Kier alpha value is -2.53. The lowest BCUT2D eigenvalue weighted by Crippen LogP contribution is -2.42. The summed E-state index contributed by atoms with van der Waals surface area (Å²) < 4.78 is 5.44. The summed E-state index contributed by atoms with van der Waals surface area (Å²) in [5.41, 5.74) is 2.73. The first kappa shape index (κ1) is 19.8. The quantitative estimate of drug-likeness (QED) is 0.664. The zero-order chi connectivity index (χ0) is 20.2. The van der Waals surface area contributed by atoms with Gasteiger partial charge in [-0.1, -0.05) is 53.5 Å². The third kappa shape index (κ3) is 4.40. The zero-order valence-corrected chi connectivity index (χ0v) is 17.3. The maximum absolute atomic E-state index is 13.1. The highest BCUT2D eigenvalue weighted by atomic mass is 35.5. The van der Waals surface area contributed by atoms with E-state index >= 15 is 0 Å². The molecule has 0 aromatic heterocycles. The van der Waals surface area contributed by atoms with Crippen LogP contribution < -0.4 is 4.74 Å². The van der Waals surface area contributed by atoms with Gasteiger partial charge in [0.05, 0.1) is 19.4 Å². The number of rotatable bonds is 7. The second kappa shape index (κ2) is 8.87. The van der Waals surface area contributed by atoms with Crippen LogP contribution in [0.2, 0.25) is 5.02 Å². The standard InChI is InChI=1S/C23H25ClN2O3/c1-28-22-12-5-3-10-19(22)21-13-18(29-25-21)15-26(23(27)16-8-6-9-16)14-17-7-2-4-11-20(17)24/h2-5,7,10-12,16,18H,6,8-9,13-15H2,1H3/t18-/m0/s1. The fourth-order valence-electron chi connectivity index (χ4n) is 3.79. The number of hydrogen-bond acceptors (Lipinski definition) is 4. The second-order valence-electron chi connectivity index (χ2n) is 7.61. The third-order valence-electron chi connectivity index (χ3n) is 5.66. The van der Waals surface area contributed by atoms with Gasteiger partial charge in [-0.15, -0.1) is 0 Å². The molecule has 1 heterocycles. The van der Waals surface area contributed by atoms with E-state index in [2.05, 4.69) is 5.16 Å². The molecule has 0 N–H and O–H groups in total. The van der Waals surface area contributed by atoms with E-state index in [1.54, 1.807) is 7.11 Å². The molecule has 0 spiro atoms. The van der Waals surface area contributed by atoms with Crippen LogP contribution in [0.25, 0.3) is 0 Å². The van der Waals surface area contributed by atoms with Gasteiger partial charge < -0.3 is 14.5 Å². The van der Waals surface area contributed by atoms with Gasteiger partial charge in [-0.05, 0) is 36.6 Å². The van der Waals surface area contributed by atoms with Crippen LogP contribution in [-0.2, 0) is 16.2 Å². The van der Waals surface area contributed by atoms with Crippen molar-refractivity contribution in [1.82, 2.24) is 4.90 Å². The number of hydrogen-bond donors (Lipinski definition) is 0. The van der Waals surface area contributed by atoms with Crippen molar-refractivity contribution >= 4 is 23.2 Å². The fraction of sp³-hybridized carbons (Fsp3) is 0.391. The second-order valence-corrected chi connectivity index (χ2v) is 8.02. The largest absolute Gasteiger partial charge is 0.496 e. The number of nitrogens with zero attached hydrogens (tertiary/aromatic N) is 2. The van der Waals surface area contributed by atoms with Crippen LogP contribution in [-0.4, -0.2) is 36.3 Å². The zero-order valence-electron chi connectivity index (χ0n) is 16.5. The summed E-state index contributed by atoms with van der Waals surface area (Å²) in [6.07, 6.45) is 3.51. The molecule has 0 unspecified atom stereocenters. The third-order valence-corrected chi connectivity index (χ3v) is 6.03. The number of carbonyl (C=O) groups excluding carboxylic acids is 1. The van der Waals surface area contributed by atoms with Crippen LogP contribution in [0.1, 0.15) is 36.8 Å². The van der Waals surface area contributed by atoms with Crippen LogP contribution in [0.5, 0.6) is 5.75 Å². The van der Waals surface area contributed by atoms with Gasteiger partial charge in [0.15, 0.2) is 6.10 Å². The summed E-state index contributed by atoms with van der Waals surface area (Å²) in [4.78, 5) is 20.6. The van der Waals surface area contributed by atoms with Crippen molar-refractivity contribution in [2.45, 2.75) is 38.3 Å². The van der Waals surface area contributed by atoms with Crippen LogP contribution in [0.4, 0.5) is 0 Å². The molecule has 4 rings (SSSR count). The molecule has 1 aliphatic heterocycles. The first-order valence-corrected chi connectivity index (χ1v) is 10.4. The van der Waals surface area contributed by atoms with Crippen LogP contribution >= 0.6 is 11.6 Å². The van der Waals surface area contributed by atoms with Gasteiger partial charge in [-0.2, -0.15) is 0 Å². The number of amides is 1. The summed E-state index contributed by atoms with van der Waals surface area (Å²) in [6.45, 7) is 0.974. The molecule has 0 saturated heterocycles. The van der Waals surface area contributed by atoms with Gasteiger partial charge in [0.25, 0.3) is 0 Å². The number of para-hydroxylation sites is 1. The molecule has 1 aliphatic carbocycles. The molecule has 6 heteroatoms. The molecular weight excluding hydrogens is 388 g/mol. The van der Waals surface area contributed by atoms with Crippen LogP contribution in [0.15, 0.2) is 53.7 Å². The maximum Gasteiger partial charge on any atom is 0.226 e. The van der Waals surface area contributed by atoms with Crippen molar-refractivity contribution in [3.05, 3.63) is 64.7 Å². The maximum atomic E-state index is 13.1. The number of oxime groups is 1. The minimum absolute atomic E-state index is 0.119. The van der Waals surface area contributed by atoms with Crippen LogP contribution in [0, 0.1) is 5.92 Å². The van der Waals surface area contributed by atoms with Gasteiger partial charge in [0, 0.05) is 29.5 Å². The average molecular weight is 413 g/mol. The minimum Gasteiger partial charge on any atom is -0.496 e. The lowest BCUT2D eigenvalue weighted by molar-refractivity contribution is -0.140. The van der Waals surface area contributed by atoms with Crippen molar-refractivity contribution in [3.63, 3.8) is 0 Å². The van der Waals surface area contributed by atoms with E-state index in [9.17, 15) is 4.79 Å². The minimum atomic E-state index is -0.179. The van der Waals surface area contributed by atoms with Gasteiger partial charge >= 0.3 is 0 Å². The predicted molar refractivity (Wildman–Crippen MR) is 113 cm³/mol. The first-order valence-electron chi connectivity index (χ1n) is 10.0. The number of ether oxygens (including phenoxy) is 1. The van der Waals surface area contributed by atoms with Crippen molar-refractivity contribution in [2.24, 2.45) is 11.1 Å². The molecule has 152 valence electrons. The van der Waals surface area contributed by atoms with Crippen molar-refractivity contribution in [2.75, 3.05) is 13.7 Å². The summed E-state index contributed by atoms with van der Waals surface area (Å²) in [5, 5.41) is 4.96. The Labute approximate surface area is 176 Å². The molecule has 0 radical (unpaired) electrons. The number of halogens is 1. The number of benzene rings is 2. The highest BCUT2D eigenvalue weighted by Crippen LogP contribution is 2.31. The summed E-state index contributed by atoms with van der Waals surface area (Å²) in [6, 6.07) is 15.4. The topological polar surface area (TPSA) is 51.1 Å². The average Bonchev–Trinajstić information content (AvgIpc) is 3.16. The fourth-order valence-corrected chi connectivity index (χ4v) is 3.99. The van der Waals surface area contributed by atoms with E-state index in [1.807, 2.05) is 53.4 Å². The highest BCUT2D eigenvalue weighted by molar-refractivity contribution is 6.31. The van der Waals surface area contributed by atoms with E-state index in [-0.39, 0.29) is 17.9 Å². The summed E-state index contributed by atoms with van der Waals surface area (Å²) in [7, 11) is 1.65. The summed E-state index contributed by atoms with van der Waals surface area (Å²) in [5.74, 6) is 1.08. The Morgan fingerprint density at radius 3 is 2.69 bits per heavy atom. The Morgan fingerprint density at radius 2 is 1.97 bits per heavy atom. The number of carbonyl (C=O) groups is 1. The van der Waals surface area contributed by atoms with Crippen molar-refractivity contribution in [3.8, 4) is 5.75 Å². The Morgan fingerprint density at radius 1 is 1.21 bits per heavy atom. The molecule has 5 nitrogen and oxygen atoms in total. The van der Waals surface area contributed by atoms with Gasteiger partial charge in [0.1, 0.15) is 5.75 Å². The first-order chi connectivity index (χ1) is 14.2. The molecule has 1 fully saturated rings. The van der Waals surface area contributed by atoms with Crippen molar-refractivity contribution < 1.29 is 14.4 Å². The Balaban J connectivity index is 1.47. The van der Waals surface area contributed by atoms with Gasteiger partial charge in [-0.25, -0.2) is 0 Å². The van der Waals surface area contributed by atoms with E-state index in [1.165, 1.54) is 0 Å². The molecule has 0 bridgehead atoms. The monoisotopic (exact) mass is 412 g/mol. The smallest absolute Gasteiger partial charge is 0.226 e. The highest BCUT2D eigenvalue weighted by Gasteiger charge is 2.33. The molecule has 2 aliphatic rings. The lowest BCUT2D eigenvalue weighted by atomic mass is 9.84. The normalized spacial score (nSPS) is 18.6. The van der Waals surface area contributed by atoms with E-state index < -0.39 is 0 Å². The van der Waals surface area contributed by atoms with E-state index in [4.69, 9.17) is 21.2 Å². The van der Waals surface area contributed by atoms with Gasteiger partial charge in [-0.3, -0.25) is 4.79 Å². The molecule has 1 amide bonds. The predicted octanol–water partition coefficient (Wildman–Crippen LogP) is 4.67. The van der Waals surface area contributed by atoms with Crippen molar-refractivity contribution in [1.29, 1.82) is 0 Å². The van der Waals surface area contributed by atoms with Crippen LogP contribution in [0.3, 0.4) is 0 Å². The van der Waals surface area contributed by atoms with Gasteiger partial charge in [0.2, 0.25) is 5.91 Å². The van der Waals surface area contributed by atoms with E-state index in [0.717, 1.165) is 41.9 Å². The number of methoxy groups -OCH3 is 1. The lowest BCUT2D eigenvalue weighted by Gasteiger charge is -2.33. The molecule has 1 atom stereocenters. The van der Waals surface area contributed by atoms with E-state index in [0.29, 0.717) is 24.5 Å². The SMILES string of the molecule is COc1ccccc1C1=NO[C@H](CN(Cc2ccccc2Cl)C(=O)C2CCC2)C1. The summed E-state index contributed by atoms with van der Waals surface area (Å²) >= 11 is 6.35. The molecule has 1 saturated carbocycles. The Kier molecular flexibility index (Phi) is 6.05. The molecule has 29 heavy (non-hydrogen) atoms. The Bertz CT molecular complexity index is 911. The molecule has 2 aromatic carbocycles. The molecular formula is C23H25ClN2O3. The molecule has 2 aromatic rings.